The van der Waals surface area contributed by atoms with Crippen LogP contribution in [0.25, 0.3) is 0 Å². The summed E-state index contributed by atoms with van der Waals surface area (Å²) in [4.78, 5) is 28.8. The van der Waals surface area contributed by atoms with Gasteiger partial charge in [-0.05, 0) is 0 Å². The molecule has 66 valence electrons. The monoisotopic (exact) mass is 236 g/mol. The summed E-state index contributed by atoms with van der Waals surface area (Å²) in [5.74, 6) is 4.29. The Bertz CT molecular complexity index is 157. The molecule has 0 rings (SSSR count). The second kappa shape index (κ2) is 12.1. The summed E-state index contributed by atoms with van der Waals surface area (Å²) in [5.41, 5.74) is 0.444. The van der Waals surface area contributed by atoms with E-state index in [4.69, 9.17) is 10.6 Å². The van der Waals surface area contributed by atoms with Crippen molar-refractivity contribution in [3.63, 3.8) is 0 Å². The van der Waals surface area contributed by atoms with Crippen LogP contribution in [0.1, 0.15) is 8.35 Å². The Labute approximate surface area is 125 Å². The third-order valence-corrected chi connectivity index (χ3v) is 0.761. The fourth-order valence-corrected chi connectivity index (χ4v) is 0.276. The quantitative estimate of drug-likeness (QED) is 0.104. The maximum absolute atomic E-state index is 10.1. The SMILES string of the molecule is CC(=O)N(N)C(=O)S.O=CS.[H-].[K+]. The van der Waals surface area contributed by atoms with Crippen molar-refractivity contribution in [1.82, 2.24) is 5.01 Å². The van der Waals surface area contributed by atoms with E-state index in [1.165, 1.54) is 6.92 Å². The van der Waals surface area contributed by atoms with Crippen LogP contribution < -0.4 is 57.2 Å². The van der Waals surface area contributed by atoms with Crippen LogP contribution in [0.5, 0.6) is 0 Å². The topological polar surface area (TPSA) is 80.5 Å². The van der Waals surface area contributed by atoms with Gasteiger partial charge in [-0.2, -0.15) is 0 Å². The largest absolute Gasteiger partial charge is 1.00 e. The van der Waals surface area contributed by atoms with Gasteiger partial charge < -0.3 is 1.43 Å². The van der Waals surface area contributed by atoms with E-state index in [9.17, 15) is 9.59 Å². The summed E-state index contributed by atoms with van der Waals surface area (Å²) < 4.78 is 0. The van der Waals surface area contributed by atoms with E-state index in [0.29, 0.717) is 10.6 Å². The van der Waals surface area contributed by atoms with E-state index in [-0.39, 0.29) is 52.8 Å². The first kappa shape index (κ1) is 18.8. The number of nitrogens with two attached hydrogens (primary N) is 1. The minimum Gasteiger partial charge on any atom is -1.00 e. The van der Waals surface area contributed by atoms with Crippen LogP contribution in [0.2, 0.25) is 0 Å². The van der Waals surface area contributed by atoms with Gasteiger partial charge in [0.2, 0.25) is 5.91 Å². The molecule has 0 spiro atoms. The van der Waals surface area contributed by atoms with Gasteiger partial charge >= 0.3 is 51.4 Å². The number of hydrogen-bond donors (Lipinski definition) is 3. The van der Waals surface area contributed by atoms with Crippen molar-refractivity contribution in [2.75, 3.05) is 0 Å². The van der Waals surface area contributed by atoms with Gasteiger partial charge in [0.15, 0.2) is 5.62 Å². The van der Waals surface area contributed by atoms with Crippen molar-refractivity contribution in [2.45, 2.75) is 6.92 Å². The molecule has 0 aliphatic carbocycles. The number of hydrazine groups is 1. The van der Waals surface area contributed by atoms with Crippen molar-refractivity contribution in [1.29, 1.82) is 0 Å². The second-order valence-corrected chi connectivity index (χ2v) is 1.87. The Morgan fingerprint density at radius 1 is 1.58 bits per heavy atom. The van der Waals surface area contributed by atoms with E-state index in [0.717, 1.165) is 0 Å². The Balaban J connectivity index is -0.0000000720. The molecule has 0 aromatic rings. The summed E-state index contributed by atoms with van der Waals surface area (Å²) in [6.07, 6.45) is 0. The van der Waals surface area contributed by atoms with Crippen molar-refractivity contribution >= 4 is 42.0 Å². The van der Waals surface area contributed by atoms with E-state index < -0.39 is 11.1 Å². The molecule has 2 N–H and O–H groups in total. The molecule has 0 unspecified atom stereocenters. The zero-order valence-corrected chi connectivity index (χ0v) is 11.6. The number of carbonyl (C=O) groups is 3. The summed E-state index contributed by atoms with van der Waals surface area (Å²) in [7, 11) is 0. The van der Waals surface area contributed by atoms with Gasteiger partial charge in [-0.3, -0.25) is 14.4 Å². The minimum absolute atomic E-state index is 0. The smallest absolute Gasteiger partial charge is 1.00 e. The molecule has 0 bridgehead atoms. The van der Waals surface area contributed by atoms with Crippen LogP contribution in [0.15, 0.2) is 0 Å². The fraction of sp³-hybridized carbons (Fsp3) is 0.250. The zero-order chi connectivity index (χ0) is 9.44. The number of thiol groups is 2. The van der Waals surface area contributed by atoms with E-state index >= 15 is 0 Å². The molecule has 0 aromatic heterocycles. The van der Waals surface area contributed by atoms with Gasteiger partial charge in [0, 0.05) is 6.92 Å². The first-order valence-electron chi connectivity index (χ1n) is 2.33. The third-order valence-electron chi connectivity index (χ3n) is 0.545. The number of carbonyl (C=O) groups excluding carboxylic acids is 3. The number of nitrogens with zero attached hydrogens (tertiary/aromatic N) is 1. The van der Waals surface area contributed by atoms with Crippen LogP contribution in [0, 0.1) is 0 Å². The molecule has 12 heavy (non-hydrogen) atoms. The molecular weight excluding hydrogens is 227 g/mol. The fourth-order valence-electron chi connectivity index (χ4n) is 0.135. The van der Waals surface area contributed by atoms with Crippen molar-refractivity contribution in [3.05, 3.63) is 0 Å². The van der Waals surface area contributed by atoms with E-state index in [1.807, 2.05) is 0 Å². The Morgan fingerprint density at radius 2 is 1.83 bits per heavy atom. The average Bonchev–Trinajstić information content (AvgIpc) is 1.87. The Morgan fingerprint density at radius 3 is 1.83 bits per heavy atom. The van der Waals surface area contributed by atoms with Crippen LogP contribution in [0.4, 0.5) is 4.79 Å². The molecule has 0 aliphatic heterocycles. The normalized spacial score (nSPS) is 6.67. The maximum atomic E-state index is 10.1. The Hall–Kier alpha value is 1.11. The molecule has 0 saturated carbocycles. The molecular formula is C4H9KN2O3S2. The van der Waals surface area contributed by atoms with Gasteiger partial charge in [-0.25, -0.2) is 10.9 Å². The third kappa shape index (κ3) is 13.7. The van der Waals surface area contributed by atoms with Gasteiger partial charge in [0.05, 0.1) is 0 Å². The Kier molecular flexibility index (Phi) is 19.0. The zero-order valence-electron chi connectivity index (χ0n) is 7.72. The van der Waals surface area contributed by atoms with Gasteiger partial charge in [0.1, 0.15) is 0 Å². The number of imide groups is 1. The van der Waals surface area contributed by atoms with Gasteiger partial charge in [0.25, 0.3) is 5.24 Å². The molecule has 0 radical (unpaired) electrons. The molecule has 8 heteroatoms. The number of rotatable bonds is 0. The van der Waals surface area contributed by atoms with E-state index in [2.05, 4.69) is 25.3 Å². The van der Waals surface area contributed by atoms with Gasteiger partial charge in [-0.1, -0.05) is 12.6 Å². The van der Waals surface area contributed by atoms with Crippen LogP contribution in [-0.2, 0) is 9.59 Å². The molecule has 0 fully saturated rings. The van der Waals surface area contributed by atoms with Crippen molar-refractivity contribution < 1.29 is 67.2 Å². The standard InChI is InChI=1S/C3H6N2O2S.CH2OS.K.H/c1-2(6)5(4)3(7)8;2-1-3;;/h4H2,1H3,(H,7,8);1H,(H,2,3);;/q;;+1;-1. The molecule has 0 saturated heterocycles. The molecule has 0 atom stereocenters. The van der Waals surface area contributed by atoms with Gasteiger partial charge in [-0.15, -0.1) is 12.6 Å². The van der Waals surface area contributed by atoms with Crippen LogP contribution >= 0.6 is 25.3 Å². The molecule has 5 nitrogen and oxygen atoms in total. The summed E-state index contributed by atoms with van der Waals surface area (Å²) in [6, 6.07) is 0. The molecule has 0 aliphatic rings. The number of hydrogen-bond acceptors (Lipinski definition) is 4. The van der Waals surface area contributed by atoms with E-state index in [1.54, 1.807) is 0 Å². The van der Waals surface area contributed by atoms with Crippen LogP contribution in [0.3, 0.4) is 0 Å². The molecule has 0 heterocycles. The molecule has 2 amide bonds. The average molecular weight is 236 g/mol. The summed E-state index contributed by atoms with van der Waals surface area (Å²) in [5, 5.41) is -0.333. The summed E-state index contributed by atoms with van der Waals surface area (Å²) >= 11 is 6.38. The maximum Gasteiger partial charge on any atom is 1.00 e. The van der Waals surface area contributed by atoms with Crippen molar-refractivity contribution in [2.24, 2.45) is 5.84 Å². The predicted molar refractivity (Wildman–Crippen MR) is 47.9 cm³/mol. The summed E-state index contributed by atoms with van der Waals surface area (Å²) in [6.45, 7) is 1.17. The first-order valence-corrected chi connectivity index (χ1v) is 3.29. The van der Waals surface area contributed by atoms with Crippen LogP contribution in [-0.4, -0.2) is 21.8 Å². The van der Waals surface area contributed by atoms with Crippen molar-refractivity contribution in [3.8, 4) is 0 Å². The first-order chi connectivity index (χ1) is 4.97. The minimum atomic E-state index is -0.752. The molecule has 0 aromatic carbocycles. The predicted octanol–water partition coefficient (Wildman–Crippen LogP) is -3.02. The number of amides is 2. The second-order valence-electron chi connectivity index (χ2n) is 1.28.